The molecule has 1 aliphatic heterocycles. The van der Waals surface area contributed by atoms with Crippen LogP contribution >= 0.6 is 0 Å². The van der Waals surface area contributed by atoms with Gasteiger partial charge in [0, 0.05) is 24.4 Å². The standard InChI is InChI=1S/C24H32N4O3/c1-13-9-8-10-15-19(13)25-14(2)26-20(15)24(6,7)27-21(29)18-16-11-28(12-17(16)18)22(30)31-23(3,4)5/h8-10,16-18H,11-12H2,1-7H3,(H,27,29). The van der Waals surface area contributed by atoms with E-state index < -0.39 is 11.1 Å². The van der Waals surface area contributed by atoms with Gasteiger partial charge in [0.1, 0.15) is 11.4 Å². The summed E-state index contributed by atoms with van der Waals surface area (Å²) < 4.78 is 5.46. The molecule has 7 nitrogen and oxygen atoms in total. The van der Waals surface area contributed by atoms with Gasteiger partial charge in [0.2, 0.25) is 5.91 Å². The average Bonchev–Trinajstić information content (AvgIpc) is 3.14. The van der Waals surface area contributed by atoms with Crippen LogP contribution in [0, 0.1) is 31.6 Å². The fourth-order valence-corrected chi connectivity index (χ4v) is 4.73. The normalized spacial score (nSPS) is 22.9. The highest BCUT2D eigenvalue weighted by Crippen LogP contribution is 2.52. The Labute approximate surface area is 183 Å². The number of nitrogens with zero attached hydrogens (tertiary/aromatic N) is 3. The molecule has 1 N–H and O–H groups in total. The first-order valence-corrected chi connectivity index (χ1v) is 10.9. The number of nitrogens with one attached hydrogen (secondary N) is 1. The highest BCUT2D eigenvalue weighted by molar-refractivity contribution is 5.87. The van der Waals surface area contributed by atoms with Crippen LogP contribution in [0.1, 0.15) is 51.7 Å². The smallest absolute Gasteiger partial charge is 0.410 e. The number of carbonyl (C=O) groups is 2. The number of hydrogen-bond donors (Lipinski definition) is 1. The Morgan fingerprint density at radius 1 is 1.06 bits per heavy atom. The number of likely N-dealkylation sites (tertiary alicyclic amines) is 1. The van der Waals surface area contributed by atoms with Crippen molar-refractivity contribution in [2.45, 2.75) is 59.6 Å². The summed E-state index contributed by atoms with van der Waals surface area (Å²) in [7, 11) is 0. The molecule has 1 aliphatic carbocycles. The second-order valence-corrected chi connectivity index (χ2v) is 10.4. The Kier molecular flexibility index (Phi) is 4.98. The average molecular weight is 425 g/mol. The summed E-state index contributed by atoms with van der Waals surface area (Å²) in [6, 6.07) is 6.04. The number of ether oxygens (including phenoxy) is 1. The van der Waals surface area contributed by atoms with Crippen LogP contribution < -0.4 is 5.32 Å². The van der Waals surface area contributed by atoms with Gasteiger partial charge in [-0.05, 0) is 65.9 Å². The van der Waals surface area contributed by atoms with E-state index in [1.165, 1.54) is 0 Å². The van der Waals surface area contributed by atoms with E-state index in [1.54, 1.807) is 4.90 Å². The number of benzene rings is 1. The molecule has 2 atom stereocenters. The number of aryl methyl sites for hydroxylation is 2. The van der Waals surface area contributed by atoms with Crippen LogP contribution in [0.5, 0.6) is 0 Å². The van der Waals surface area contributed by atoms with Gasteiger partial charge in [-0.25, -0.2) is 14.8 Å². The third-order valence-corrected chi connectivity index (χ3v) is 6.22. The largest absolute Gasteiger partial charge is 0.444 e. The lowest BCUT2D eigenvalue weighted by Gasteiger charge is -2.29. The van der Waals surface area contributed by atoms with Gasteiger partial charge in [-0.15, -0.1) is 0 Å². The molecule has 1 aromatic heterocycles. The van der Waals surface area contributed by atoms with Crippen molar-refractivity contribution in [3.8, 4) is 0 Å². The molecule has 0 spiro atoms. The van der Waals surface area contributed by atoms with E-state index in [0.717, 1.165) is 22.2 Å². The van der Waals surface area contributed by atoms with Gasteiger partial charge in [0.05, 0.1) is 16.7 Å². The van der Waals surface area contributed by atoms with E-state index >= 15 is 0 Å². The number of aromatic nitrogens is 2. The summed E-state index contributed by atoms with van der Waals surface area (Å²) in [5, 5.41) is 4.18. The zero-order chi connectivity index (χ0) is 22.7. The summed E-state index contributed by atoms with van der Waals surface area (Å²) in [4.78, 5) is 36.4. The Morgan fingerprint density at radius 3 is 2.32 bits per heavy atom. The summed E-state index contributed by atoms with van der Waals surface area (Å²) in [6.45, 7) is 14.6. The maximum Gasteiger partial charge on any atom is 0.410 e. The molecule has 1 aromatic carbocycles. The second kappa shape index (κ2) is 7.18. The van der Waals surface area contributed by atoms with Crippen molar-refractivity contribution in [3.05, 3.63) is 35.3 Å². The number of piperidine rings is 1. The molecule has 7 heteroatoms. The fourth-order valence-electron chi connectivity index (χ4n) is 4.73. The van der Waals surface area contributed by atoms with Gasteiger partial charge in [0.25, 0.3) is 0 Å². The lowest BCUT2D eigenvalue weighted by molar-refractivity contribution is -0.125. The summed E-state index contributed by atoms with van der Waals surface area (Å²) in [5.41, 5.74) is 1.68. The predicted molar refractivity (Wildman–Crippen MR) is 118 cm³/mol. The van der Waals surface area contributed by atoms with Gasteiger partial charge >= 0.3 is 6.09 Å². The molecular weight excluding hydrogens is 392 g/mol. The maximum absolute atomic E-state index is 13.1. The first kappa shape index (κ1) is 21.5. The van der Waals surface area contributed by atoms with Crippen LogP contribution in [-0.2, 0) is 15.1 Å². The van der Waals surface area contributed by atoms with Crippen molar-refractivity contribution in [1.82, 2.24) is 20.2 Å². The van der Waals surface area contributed by atoms with Crippen molar-refractivity contribution < 1.29 is 14.3 Å². The lowest BCUT2D eigenvalue weighted by Crippen LogP contribution is -2.44. The second-order valence-electron chi connectivity index (χ2n) is 10.4. The minimum absolute atomic E-state index is 0.0286. The number of amides is 2. The van der Waals surface area contributed by atoms with E-state index in [1.807, 2.05) is 66.7 Å². The summed E-state index contributed by atoms with van der Waals surface area (Å²) in [6.07, 6.45) is -0.294. The number of hydrogen-bond acceptors (Lipinski definition) is 5. The third kappa shape index (κ3) is 4.10. The zero-order valence-electron chi connectivity index (χ0n) is 19.4. The molecule has 2 unspecified atom stereocenters. The fraction of sp³-hybridized carbons (Fsp3) is 0.583. The minimum Gasteiger partial charge on any atom is -0.444 e. The van der Waals surface area contributed by atoms with E-state index in [-0.39, 0.29) is 29.8 Å². The molecule has 0 bridgehead atoms. The summed E-state index contributed by atoms with van der Waals surface area (Å²) in [5.74, 6) is 1.06. The Hall–Kier alpha value is -2.70. The van der Waals surface area contributed by atoms with Gasteiger partial charge in [0.15, 0.2) is 0 Å². The van der Waals surface area contributed by atoms with Gasteiger partial charge < -0.3 is 15.0 Å². The van der Waals surface area contributed by atoms with E-state index in [0.29, 0.717) is 18.9 Å². The number of fused-ring (bicyclic) bond motifs is 2. The van der Waals surface area contributed by atoms with Crippen molar-refractivity contribution in [2.24, 2.45) is 17.8 Å². The number of rotatable bonds is 3. The molecule has 4 rings (SSSR count). The SMILES string of the molecule is Cc1nc(C(C)(C)NC(=O)C2C3CN(C(=O)OC(C)(C)C)CC32)c2cccc(C)c2n1. The van der Waals surface area contributed by atoms with Gasteiger partial charge in [-0.3, -0.25) is 4.79 Å². The molecule has 1 saturated carbocycles. The van der Waals surface area contributed by atoms with Crippen LogP contribution in [0.15, 0.2) is 18.2 Å². The lowest BCUT2D eigenvalue weighted by atomic mass is 9.94. The first-order valence-electron chi connectivity index (χ1n) is 10.9. The van der Waals surface area contributed by atoms with Crippen molar-refractivity contribution >= 4 is 22.9 Å². The van der Waals surface area contributed by atoms with Gasteiger partial charge in [-0.1, -0.05) is 18.2 Å². The van der Waals surface area contributed by atoms with Crippen molar-refractivity contribution in [2.75, 3.05) is 13.1 Å². The van der Waals surface area contributed by atoms with Crippen LogP contribution in [0.25, 0.3) is 10.9 Å². The Bertz CT molecular complexity index is 1040. The highest BCUT2D eigenvalue weighted by Gasteiger charge is 2.61. The predicted octanol–water partition coefficient (Wildman–Crippen LogP) is 3.71. The van der Waals surface area contributed by atoms with E-state index in [4.69, 9.17) is 9.72 Å². The molecule has 1 saturated heterocycles. The van der Waals surface area contributed by atoms with E-state index in [2.05, 4.69) is 10.3 Å². The molecule has 31 heavy (non-hydrogen) atoms. The molecule has 2 aromatic rings. The van der Waals surface area contributed by atoms with Crippen molar-refractivity contribution in [1.29, 1.82) is 0 Å². The molecular formula is C24H32N4O3. The topological polar surface area (TPSA) is 84.4 Å². The monoisotopic (exact) mass is 424 g/mol. The van der Waals surface area contributed by atoms with Gasteiger partial charge in [-0.2, -0.15) is 0 Å². The van der Waals surface area contributed by atoms with Crippen LogP contribution in [-0.4, -0.2) is 45.6 Å². The zero-order valence-corrected chi connectivity index (χ0v) is 19.4. The van der Waals surface area contributed by atoms with Crippen molar-refractivity contribution in [3.63, 3.8) is 0 Å². The first-order chi connectivity index (χ1) is 14.4. The quantitative estimate of drug-likeness (QED) is 0.812. The Balaban J connectivity index is 1.46. The molecule has 166 valence electrons. The minimum atomic E-state index is -0.640. The third-order valence-electron chi connectivity index (χ3n) is 6.22. The molecule has 2 amide bonds. The number of para-hydroxylation sites is 1. The van der Waals surface area contributed by atoms with Crippen LogP contribution in [0.4, 0.5) is 4.79 Å². The highest BCUT2D eigenvalue weighted by atomic mass is 16.6. The summed E-state index contributed by atoms with van der Waals surface area (Å²) >= 11 is 0. The number of carbonyl (C=O) groups excluding carboxylic acids is 2. The van der Waals surface area contributed by atoms with Crippen LogP contribution in [0.2, 0.25) is 0 Å². The van der Waals surface area contributed by atoms with Crippen LogP contribution in [0.3, 0.4) is 0 Å². The molecule has 2 aliphatic rings. The van der Waals surface area contributed by atoms with E-state index in [9.17, 15) is 9.59 Å². The molecule has 2 heterocycles. The Morgan fingerprint density at radius 2 is 1.71 bits per heavy atom. The maximum atomic E-state index is 13.1. The molecule has 2 fully saturated rings. The molecule has 0 radical (unpaired) electrons.